The van der Waals surface area contributed by atoms with Gasteiger partial charge in [-0.1, -0.05) is 25.0 Å². The molecule has 1 aromatic heterocycles. The van der Waals surface area contributed by atoms with Crippen LogP contribution < -0.4 is 0 Å². The molecule has 1 aliphatic rings. The van der Waals surface area contributed by atoms with Crippen molar-refractivity contribution in [2.45, 2.75) is 25.7 Å². The number of carbonyl (C=O) groups is 1. The first-order valence-electron chi connectivity index (χ1n) is 5.82. The molecule has 1 aliphatic carbocycles. The zero-order valence-electron chi connectivity index (χ0n) is 9.10. The highest BCUT2D eigenvalue weighted by atomic mass is 16.2. The van der Waals surface area contributed by atoms with Crippen LogP contribution in [0.5, 0.6) is 0 Å². The highest BCUT2D eigenvalue weighted by Gasteiger charge is 2.24. The second-order valence-electron chi connectivity index (χ2n) is 4.42. The van der Waals surface area contributed by atoms with Crippen molar-refractivity contribution in [1.82, 2.24) is 9.55 Å². The fraction of sp³-hybridized carbons (Fsp3) is 0.385. The zero-order chi connectivity index (χ0) is 11.0. The Labute approximate surface area is 94.1 Å². The molecule has 0 saturated heterocycles. The van der Waals surface area contributed by atoms with E-state index in [2.05, 4.69) is 4.98 Å². The topological polar surface area (TPSA) is 34.9 Å². The van der Waals surface area contributed by atoms with Crippen molar-refractivity contribution in [2.24, 2.45) is 5.92 Å². The van der Waals surface area contributed by atoms with Gasteiger partial charge in [-0.2, -0.15) is 0 Å². The van der Waals surface area contributed by atoms with E-state index in [-0.39, 0.29) is 11.8 Å². The Bertz CT molecular complexity index is 523. The van der Waals surface area contributed by atoms with Crippen molar-refractivity contribution in [1.29, 1.82) is 0 Å². The van der Waals surface area contributed by atoms with E-state index in [9.17, 15) is 4.79 Å². The summed E-state index contributed by atoms with van der Waals surface area (Å²) in [6.45, 7) is 0. The average molecular weight is 214 g/mol. The van der Waals surface area contributed by atoms with Crippen LogP contribution in [0.4, 0.5) is 0 Å². The molecule has 2 aromatic rings. The van der Waals surface area contributed by atoms with E-state index >= 15 is 0 Å². The van der Waals surface area contributed by atoms with Gasteiger partial charge in [-0.3, -0.25) is 9.36 Å². The van der Waals surface area contributed by atoms with Gasteiger partial charge in [0.2, 0.25) is 5.91 Å². The molecular formula is C13H14N2O. The third kappa shape index (κ3) is 1.43. The molecule has 0 radical (unpaired) electrons. The average Bonchev–Trinajstić information content (AvgIpc) is 2.98. The Balaban J connectivity index is 2.02. The third-order valence-electron chi connectivity index (χ3n) is 3.40. The van der Waals surface area contributed by atoms with E-state index in [1.807, 2.05) is 24.3 Å². The standard InChI is InChI=1S/C13H14N2O/c16-13(10-5-1-2-6-10)15-9-14-11-7-3-4-8-12(11)15/h3-4,7-10H,1-2,5-6H2. The van der Waals surface area contributed by atoms with Crippen LogP contribution in [0.25, 0.3) is 11.0 Å². The van der Waals surface area contributed by atoms with Crippen molar-refractivity contribution < 1.29 is 4.79 Å². The molecule has 0 N–H and O–H groups in total. The van der Waals surface area contributed by atoms with Gasteiger partial charge in [0, 0.05) is 5.92 Å². The number of aromatic nitrogens is 2. The number of fused-ring (bicyclic) bond motifs is 1. The predicted octanol–water partition coefficient (Wildman–Crippen LogP) is 2.87. The smallest absolute Gasteiger partial charge is 0.235 e. The van der Waals surface area contributed by atoms with Crippen LogP contribution in [0, 0.1) is 5.92 Å². The molecule has 0 spiro atoms. The normalized spacial score (nSPS) is 17.0. The van der Waals surface area contributed by atoms with Crippen LogP contribution in [-0.4, -0.2) is 15.5 Å². The van der Waals surface area contributed by atoms with E-state index in [1.165, 1.54) is 12.8 Å². The largest absolute Gasteiger partial charge is 0.274 e. The maximum atomic E-state index is 12.2. The highest BCUT2D eigenvalue weighted by Crippen LogP contribution is 2.27. The summed E-state index contributed by atoms with van der Waals surface area (Å²) in [5.74, 6) is 0.420. The Morgan fingerprint density at radius 2 is 2.00 bits per heavy atom. The molecule has 1 saturated carbocycles. The summed E-state index contributed by atoms with van der Waals surface area (Å²) in [4.78, 5) is 16.5. The maximum Gasteiger partial charge on any atom is 0.235 e. The van der Waals surface area contributed by atoms with E-state index in [1.54, 1.807) is 10.9 Å². The summed E-state index contributed by atoms with van der Waals surface area (Å²) in [7, 11) is 0. The van der Waals surface area contributed by atoms with E-state index in [4.69, 9.17) is 0 Å². The number of benzene rings is 1. The SMILES string of the molecule is O=C(C1CCCC1)n1cnc2ccccc21. The summed E-state index contributed by atoms with van der Waals surface area (Å²) in [6, 6.07) is 7.78. The van der Waals surface area contributed by atoms with Crippen molar-refractivity contribution in [2.75, 3.05) is 0 Å². The highest BCUT2D eigenvalue weighted by molar-refractivity contribution is 5.91. The molecule has 16 heavy (non-hydrogen) atoms. The number of imidazole rings is 1. The Morgan fingerprint density at radius 3 is 2.81 bits per heavy atom. The first kappa shape index (κ1) is 9.58. The number of hydrogen-bond acceptors (Lipinski definition) is 2. The lowest BCUT2D eigenvalue weighted by molar-refractivity contribution is 0.0842. The number of rotatable bonds is 1. The molecule has 1 aromatic carbocycles. The monoisotopic (exact) mass is 214 g/mol. The Kier molecular flexibility index (Phi) is 2.24. The number of nitrogens with zero attached hydrogens (tertiary/aromatic N) is 2. The quantitative estimate of drug-likeness (QED) is 0.731. The maximum absolute atomic E-state index is 12.2. The van der Waals surface area contributed by atoms with Crippen molar-refractivity contribution in [3.8, 4) is 0 Å². The lowest BCUT2D eigenvalue weighted by Gasteiger charge is -2.08. The second kappa shape index (κ2) is 3.74. The fourth-order valence-corrected chi connectivity index (χ4v) is 2.50. The van der Waals surface area contributed by atoms with E-state index in [0.29, 0.717) is 0 Å². The van der Waals surface area contributed by atoms with E-state index < -0.39 is 0 Å². The first-order chi connectivity index (χ1) is 7.86. The molecule has 3 rings (SSSR count). The van der Waals surface area contributed by atoms with Crippen LogP contribution in [0.2, 0.25) is 0 Å². The third-order valence-corrected chi connectivity index (χ3v) is 3.40. The minimum Gasteiger partial charge on any atom is -0.274 e. The van der Waals surface area contributed by atoms with Gasteiger partial charge in [0.25, 0.3) is 0 Å². The van der Waals surface area contributed by atoms with Crippen molar-refractivity contribution in [3.63, 3.8) is 0 Å². The lowest BCUT2D eigenvalue weighted by Crippen LogP contribution is -2.18. The molecule has 0 atom stereocenters. The molecule has 82 valence electrons. The number of hydrogen-bond donors (Lipinski definition) is 0. The predicted molar refractivity (Wildman–Crippen MR) is 62.3 cm³/mol. The van der Waals surface area contributed by atoms with Gasteiger partial charge in [-0.25, -0.2) is 4.98 Å². The lowest BCUT2D eigenvalue weighted by atomic mass is 10.1. The molecule has 0 unspecified atom stereocenters. The van der Waals surface area contributed by atoms with Gasteiger partial charge >= 0.3 is 0 Å². The molecule has 0 amide bonds. The Hall–Kier alpha value is -1.64. The van der Waals surface area contributed by atoms with Crippen LogP contribution in [0.15, 0.2) is 30.6 Å². The molecule has 3 heteroatoms. The number of carbonyl (C=O) groups excluding carboxylic acids is 1. The van der Waals surface area contributed by atoms with Gasteiger partial charge in [-0.15, -0.1) is 0 Å². The zero-order valence-corrected chi connectivity index (χ0v) is 9.10. The molecular weight excluding hydrogens is 200 g/mol. The van der Waals surface area contributed by atoms with Gasteiger partial charge in [-0.05, 0) is 25.0 Å². The summed E-state index contributed by atoms with van der Waals surface area (Å²) < 4.78 is 1.71. The van der Waals surface area contributed by atoms with Crippen LogP contribution in [0.3, 0.4) is 0 Å². The summed E-state index contributed by atoms with van der Waals surface area (Å²) >= 11 is 0. The van der Waals surface area contributed by atoms with Crippen molar-refractivity contribution in [3.05, 3.63) is 30.6 Å². The first-order valence-corrected chi connectivity index (χ1v) is 5.82. The Morgan fingerprint density at radius 1 is 1.25 bits per heavy atom. The van der Waals surface area contributed by atoms with E-state index in [0.717, 1.165) is 23.9 Å². The van der Waals surface area contributed by atoms with Crippen LogP contribution in [0.1, 0.15) is 30.5 Å². The minimum absolute atomic E-state index is 0.206. The second-order valence-corrected chi connectivity index (χ2v) is 4.42. The molecule has 0 aliphatic heterocycles. The van der Waals surface area contributed by atoms with Gasteiger partial charge in [0.1, 0.15) is 6.33 Å². The van der Waals surface area contributed by atoms with Crippen LogP contribution in [-0.2, 0) is 0 Å². The minimum atomic E-state index is 0.206. The summed E-state index contributed by atoms with van der Waals surface area (Å²) in [5, 5.41) is 0. The van der Waals surface area contributed by atoms with Crippen molar-refractivity contribution >= 4 is 16.9 Å². The molecule has 3 nitrogen and oxygen atoms in total. The number of para-hydroxylation sites is 2. The molecule has 0 bridgehead atoms. The van der Waals surface area contributed by atoms with Crippen LogP contribution >= 0.6 is 0 Å². The van der Waals surface area contributed by atoms with Gasteiger partial charge in [0.15, 0.2) is 0 Å². The van der Waals surface area contributed by atoms with Gasteiger partial charge in [0.05, 0.1) is 11.0 Å². The van der Waals surface area contributed by atoms with Gasteiger partial charge < -0.3 is 0 Å². The summed E-state index contributed by atoms with van der Waals surface area (Å²) in [6.07, 6.45) is 6.09. The summed E-state index contributed by atoms with van der Waals surface area (Å²) in [5.41, 5.74) is 1.83. The fourth-order valence-electron chi connectivity index (χ4n) is 2.50. The molecule has 1 heterocycles. The molecule has 1 fully saturated rings.